The summed E-state index contributed by atoms with van der Waals surface area (Å²) in [5.74, 6) is 5.30. The van der Waals surface area contributed by atoms with Gasteiger partial charge in [-0.2, -0.15) is 11.8 Å². The molecular formula is C10H17NS. The molecule has 0 aromatic rings. The van der Waals surface area contributed by atoms with Gasteiger partial charge in [0.2, 0.25) is 0 Å². The molecule has 0 aliphatic carbocycles. The van der Waals surface area contributed by atoms with E-state index in [2.05, 4.69) is 23.0 Å². The molecule has 68 valence electrons. The van der Waals surface area contributed by atoms with Crippen molar-refractivity contribution in [3.63, 3.8) is 0 Å². The fraction of sp³-hybridized carbons (Fsp3) is 0.800. The summed E-state index contributed by atoms with van der Waals surface area (Å²) < 4.78 is 0. The second-order valence-electron chi connectivity index (χ2n) is 3.18. The first-order valence-corrected chi connectivity index (χ1v) is 5.83. The lowest BCUT2D eigenvalue weighted by atomic mass is 10.2. The van der Waals surface area contributed by atoms with Gasteiger partial charge in [-0.15, -0.1) is 12.3 Å². The van der Waals surface area contributed by atoms with Gasteiger partial charge in [0, 0.05) is 18.2 Å². The molecule has 1 rings (SSSR count). The first-order chi connectivity index (χ1) is 5.93. The van der Waals surface area contributed by atoms with Gasteiger partial charge in [-0.1, -0.05) is 0 Å². The molecule has 1 saturated heterocycles. The van der Waals surface area contributed by atoms with Gasteiger partial charge in [0.25, 0.3) is 0 Å². The molecule has 1 nitrogen and oxygen atoms in total. The lowest BCUT2D eigenvalue weighted by molar-refractivity contribution is 0.537. The maximum atomic E-state index is 5.16. The van der Waals surface area contributed by atoms with Crippen LogP contribution in [0.4, 0.5) is 0 Å². The molecule has 1 atom stereocenters. The van der Waals surface area contributed by atoms with Gasteiger partial charge in [-0.3, -0.25) is 0 Å². The lowest BCUT2D eigenvalue weighted by Gasteiger charge is -2.09. The van der Waals surface area contributed by atoms with Crippen LogP contribution in [-0.4, -0.2) is 24.1 Å². The summed E-state index contributed by atoms with van der Waals surface area (Å²) in [5.41, 5.74) is 0. The van der Waals surface area contributed by atoms with Crippen molar-refractivity contribution in [1.82, 2.24) is 5.32 Å². The number of terminal acetylenes is 1. The number of unbranched alkanes of at least 4 members (excludes halogenated alkanes) is 2. The van der Waals surface area contributed by atoms with E-state index in [4.69, 9.17) is 6.42 Å². The summed E-state index contributed by atoms with van der Waals surface area (Å²) in [6.45, 7) is 1.15. The summed E-state index contributed by atoms with van der Waals surface area (Å²) in [6.07, 6.45) is 9.84. The lowest BCUT2D eigenvalue weighted by Crippen LogP contribution is -2.29. The highest BCUT2D eigenvalue weighted by atomic mass is 32.2. The van der Waals surface area contributed by atoms with E-state index in [0.29, 0.717) is 0 Å². The van der Waals surface area contributed by atoms with Crippen LogP contribution in [0.15, 0.2) is 0 Å². The highest BCUT2D eigenvalue weighted by molar-refractivity contribution is 7.99. The zero-order valence-electron chi connectivity index (χ0n) is 7.51. The van der Waals surface area contributed by atoms with Crippen LogP contribution in [0.5, 0.6) is 0 Å². The Hall–Kier alpha value is -0.130. The Morgan fingerprint density at radius 2 is 2.42 bits per heavy atom. The highest BCUT2D eigenvalue weighted by Crippen LogP contribution is 2.16. The van der Waals surface area contributed by atoms with Gasteiger partial charge in [0.15, 0.2) is 0 Å². The number of thioether (sulfide) groups is 1. The third-order valence-electron chi connectivity index (χ3n) is 2.11. The Labute approximate surface area is 79.7 Å². The maximum Gasteiger partial charge on any atom is 0.0166 e. The Morgan fingerprint density at radius 3 is 3.08 bits per heavy atom. The topological polar surface area (TPSA) is 12.0 Å². The van der Waals surface area contributed by atoms with E-state index in [-0.39, 0.29) is 0 Å². The predicted molar refractivity (Wildman–Crippen MR) is 56.4 cm³/mol. The standard InChI is InChI=1S/C10H17NS/c1-2-3-4-5-7-11-10-6-8-12-9-10/h1,10-11H,3-9H2. The van der Waals surface area contributed by atoms with Gasteiger partial charge < -0.3 is 5.32 Å². The molecule has 0 spiro atoms. The molecule has 1 unspecified atom stereocenters. The summed E-state index contributed by atoms with van der Waals surface area (Å²) in [4.78, 5) is 0. The molecule has 0 bridgehead atoms. The number of nitrogens with one attached hydrogen (secondary N) is 1. The average molecular weight is 183 g/mol. The minimum Gasteiger partial charge on any atom is -0.313 e. The third-order valence-corrected chi connectivity index (χ3v) is 3.27. The summed E-state index contributed by atoms with van der Waals surface area (Å²) in [6, 6.07) is 0.779. The normalized spacial score (nSPS) is 22.4. The van der Waals surface area contributed by atoms with Gasteiger partial charge in [-0.25, -0.2) is 0 Å². The molecule has 1 fully saturated rings. The second-order valence-corrected chi connectivity index (χ2v) is 4.33. The fourth-order valence-corrected chi connectivity index (χ4v) is 2.54. The number of hydrogen-bond acceptors (Lipinski definition) is 2. The molecule has 1 aliphatic heterocycles. The minimum atomic E-state index is 0.779. The van der Waals surface area contributed by atoms with Crippen molar-refractivity contribution >= 4 is 11.8 Å². The van der Waals surface area contributed by atoms with Crippen molar-refractivity contribution in [2.24, 2.45) is 0 Å². The molecule has 1 aliphatic rings. The third kappa shape index (κ3) is 4.04. The molecule has 0 aromatic carbocycles. The molecular weight excluding hydrogens is 166 g/mol. The first kappa shape index (κ1) is 9.95. The van der Waals surface area contributed by atoms with Crippen LogP contribution in [0, 0.1) is 12.3 Å². The fourth-order valence-electron chi connectivity index (χ4n) is 1.35. The van der Waals surface area contributed by atoms with Crippen LogP contribution in [0.3, 0.4) is 0 Å². The van der Waals surface area contributed by atoms with Crippen LogP contribution in [0.1, 0.15) is 25.7 Å². The van der Waals surface area contributed by atoms with Crippen LogP contribution in [0.2, 0.25) is 0 Å². The van der Waals surface area contributed by atoms with E-state index in [1.807, 2.05) is 0 Å². The number of rotatable bonds is 5. The average Bonchev–Trinajstić information content (AvgIpc) is 2.57. The van der Waals surface area contributed by atoms with Crippen LogP contribution in [-0.2, 0) is 0 Å². The second kappa shape index (κ2) is 6.39. The van der Waals surface area contributed by atoms with Crippen LogP contribution in [0.25, 0.3) is 0 Å². The van der Waals surface area contributed by atoms with Crippen molar-refractivity contribution in [3.05, 3.63) is 0 Å². The first-order valence-electron chi connectivity index (χ1n) is 4.68. The van der Waals surface area contributed by atoms with Gasteiger partial charge in [0.1, 0.15) is 0 Å². The van der Waals surface area contributed by atoms with E-state index in [0.717, 1.165) is 19.0 Å². The zero-order chi connectivity index (χ0) is 8.65. The molecule has 0 aromatic heterocycles. The minimum absolute atomic E-state index is 0.779. The van der Waals surface area contributed by atoms with Crippen molar-refractivity contribution in [3.8, 4) is 12.3 Å². The molecule has 2 heteroatoms. The Kier molecular flexibility index (Phi) is 5.30. The quantitative estimate of drug-likeness (QED) is 0.516. The van der Waals surface area contributed by atoms with Crippen LogP contribution < -0.4 is 5.32 Å². The maximum absolute atomic E-state index is 5.16. The Balaban J connectivity index is 1.85. The summed E-state index contributed by atoms with van der Waals surface area (Å²) in [7, 11) is 0. The van der Waals surface area contributed by atoms with Gasteiger partial charge in [0.05, 0.1) is 0 Å². The Bertz CT molecular complexity index is 144. The van der Waals surface area contributed by atoms with Gasteiger partial charge in [-0.05, 0) is 31.6 Å². The SMILES string of the molecule is C#CCCCCNC1CCSC1. The molecule has 0 radical (unpaired) electrons. The van der Waals surface area contributed by atoms with E-state index < -0.39 is 0 Å². The summed E-state index contributed by atoms with van der Waals surface area (Å²) in [5, 5.41) is 3.55. The molecule has 1 N–H and O–H groups in total. The van der Waals surface area contributed by atoms with Crippen molar-refractivity contribution in [2.45, 2.75) is 31.7 Å². The predicted octanol–water partition coefficient (Wildman–Crippen LogP) is 1.88. The van der Waals surface area contributed by atoms with E-state index in [9.17, 15) is 0 Å². The highest BCUT2D eigenvalue weighted by Gasteiger charge is 2.13. The largest absolute Gasteiger partial charge is 0.313 e. The monoisotopic (exact) mass is 183 g/mol. The van der Waals surface area contributed by atoms with Crippen molar-refractivity contribution in [2.75, 3.05) is 18.1 Å². The van der Waals surface area contributed by atoms with E-state index in [1.54, 1.807) is 0 Å². The molecule has 0 saturated carbocycles. The Morgan fingerprint density at radius 1 is 1.50 bits per heavy atom. The van der Waals surface area contributed by atoms with Gasteiger partial charge >= 0.3 is 0 Å². The molecule has 0 amide bonds. The van der Waals surface area contributed by atoms with Crippen molar-refractivity contribution < 1.29 is 0 Å². The van der Waals surface area contributed by atoms with E-state index in [1.165, 1.54) is 30.8 Å². The van der Waals surface area contributed by atoms with Crippen LogP contribution >= 0.6 is 11.8 Å². The summed E-state index contributed by atoms with van der Waals surface area (Å²) >= 11 is 2.06. The molecule has 12 heavy (non-hydrogen) atoms. The molecule has 1 heterocycles. The zero-order valence-corrected chi connectivity index (χ0v) is 8.33. The van der Waals surface area contributed by atoms with E-state index >= 15 is 0 Å². The number of hydrogen-bond donors (Lipinski definition) is 1. The smallest absolute Gasteiger partial charge is 0.0166 e. The van der Waals surface area contributed by atoms with Crippen molar-refractivity contribution in [1.29, 1.82) is 0 Å².